The number of fused-ring (bicyclic) bond motifs is 1. The van der Waals surface area contributed by atoms with Crippen LogP contribution in [0, 0.1) is 5.41 Å². The van der Waals surface area contributed by atoms with E-state index in [1.54, 1.807) is 0 Å². The van der Waals surface area contributed by atoms with Crippen molar-refractivity contribution in [1.29, 1.82) is 0 Å². The number of aromatic nitrogens is 1. The number of anilines is 1. The number of aliphatic carboxylic acids is 1. The van der Waals surface area contributed by atoms with Crippen molar-refractivity contribution in [2.75, 3.05) is 11.9 Å². The number of hydrogen-bond acceptors (Lipinski definition) is 4. The molecule has 1 aliphatic rings. The van der Waals surface area contributed by atoms with Crippen LogP contribution < -0.4 is 5.32 Å². The standard InChI is InChI=1S/C14H16N2O3/c17-12(18)8-14(6-3-7-14)9-15-13-16-10-4-1-2-5-11(10)19-13/h1-2,4-5H,3,6-9H2,(H,15,16)(H,17,18). The minimum absolute atomic E-state index is 0.132. The maximum Gasteiger partial charge on any atom is 0.303 e. The highest BCUT2D eigenvalue weighted by Crippen LogP contribution is 2.44. The van der Waals surface area contributed by atoms with Gasteiger partial charge in [-0.25, -0.2) is 0 Å². The van der Waals surface area contributed by atoms with Crippen LogP contribution >= 0.6 is 0 Å². The van der Waals surface area contributed by atoms with E-state index in [0.717, 1.165) is 30.4 Å². The fourth-order valence-electron chi connectivity index (χ4n) is 2.62. The number of nitrogens with zero attached hydrogens (tertiary/aromatic N) is 1. The Kier molecular flexibility index (Phi) is 2.89. The number of hydrogen-bond donors (Lipinski definition) is 2. The van der Waals surface area contributed by atoms with Gasteiger partial charge in [-0.15, -0.1) is 0 Å². The molecule has 3 rings (SSSR count). The van der Waals surface area contributed by atoms with Crippen molar-refractivity contribution < 1.29 is 14.3 Å². The number of carbonyl (C=O) groups is 1. The fraction of sp³-hybridized carbons (Fsp3) is 0.429. The minimum Gasteiger partial charge on any atom is -0.481 e. The van der Waals surface area contributed by atoms with Gasteiger partial charge in [-0.05, 0) is 30.4 Å². The Balaban J connectivity index is 1.69. The Labute approximate surface area is 110 Å². The zero-order valence-electron chi connectivity index (χ0n) is 10.6. The van der Waals surface area contributed by atoms with E-state index in [9.17, 15) is 4.79 Å². The molecule has 1 aromatic heterocycles. The number of nitrogens with one attached hydrogen (secondary N) is 1. The lowest BCUT2D eigenvalue weighted by atomic mass is 9.66. The van der Waals surface area contributed by atoms with E-state index < -0.39 is 5.97 Å². The maximum absolute atomic E-state index is 10.9. The molecule has 0 spiro atoms. The Hall–Kier alpha value is -2.04. The molecule has 0 saturated heterocycles. The lowest BCUT2D eigenvalue weighted by Gasteiger charge is -2.40. The van der Waals surface area contributed by atoms with Crippen molar-refractivity contribution in [1.82, 2.24) is 4.98 Å². The molecule has 5 nitrogen and oxygen atoms in total. The molecule has 1 heterocycles. The summed E-state index contributed by atoms with van der Waals surface area (Å²) in [7, 11) is 0. The fourth-order valence-corrected chi connectivity index (χ4v) is 2.62. The first-order valence-electron chi connectivity index (χ1n) is 6.48. The van der Waals surface area contributed by atoms with Crippen molar-refractivity contribution in [3.05, 3.63) is 24.3 Å². The van der Waals surface area contributed by atoms with Gasteiger partial charge in [0.1, 0.15) is 5.52 Å². The summed E-state index contributed by atoms with van der Waals surface area (Å²) in [5, 5.41) is 12.1. The van der Waals surface area contributed by atoms with Gasteiger partial charge in [-0.2, -0.15) is 4.98 Å². The normalized spacial score (nSPS) is 17.1. The monoisotopic (exact) mass is 260 g/mol. The van der Waals surface area contributed by atoms with E-state index in [1.807, 2.05) is 24.3 Å². The van der Waals surface area contributed by atoms with Crippen molar-refractivity contribution in [3.8, 4) is 0 Å². The second-order valence-electron chi connectivity index (χ2n) is 5.26. The highest BCUT2D eigenvalue weighted by molar-refractivity contribution is 5.74. The van der Waals surface area contributed by atoms with Gasteiger partial charge in [0.05, 0.1) is 6.42 Å². The molecule has 2 N–H and O–H groups in total. The third kappa shape index (κ3) is 2.41. The summed E-state index contributed by atoms with van der Waals surface area (Å²) >= 11 is 0. The molecule has 5 heteroatoms. The van der Waals surface area contributed by atoms with Crippen LogP contribution in [-0.4, -0.2) is 22.6 Å². The van der Waals surface area contributed by atoms with Crippen molar-refractivity contribution in [3.63, 3.8) is 0 Å². The minimum atomic E-state index is -0.737. The van der Waals surface area contributed by atoms with Crippen LogP contribution in [0.5, 0.6) is 0 Å². The summed E-state index contributed by atoms with van der Waals surface area (Å²) in [6, 6.07) is 8.03. The van der Waals surface area contributed by atoms with E-state index >= 15 is 0 Å². The average molecular weight is 260 g/mol. The van der Waals surface area contributed by atoms with E-state index in [-0.39, 0.29) is 11.8 Å². The Morgan fingerprint density at radius 2 is 2.21 bits per heavy atom. The zero-order chi connectivity index (χ0) is 13.3. The molecule has 1 aliphatic carbocycles. The van der Waals surface area contributed by atoms with Crippen LogP contribution in [0.3, 0.4) is 0 Å². The number of oxazole rings is 1. The first-order valence-corrected chi connectivity index (χ1v) is 6.48. The van der Waals surface area contributed by atoms with Crippen LogP contribution in [0.25, 0.3) is 11.1 Å². The van der Waals surface area contributed by atoms with Gasteiger partial charge in [-0.1, -0.05) is 18.6 Å². The third-order valence-corrected chi connectivity index (χ3v) is 3.85. The first-order chi connectivity index (χ1) is 9.17. The van der Waals surface area contributed by atoms with Gasteiger partial charge >= 0.3 is 5.97 Å². The van der Waals surface area contributed by atoms with Crippen molar-refractivity contribution in [2.45, 2.75) is 25.7 Å². The number of benzene rings is 1. The van der Waals surface area contributed by atoms with Crippen LogP contribution in [0.2, 0.25) is 0 Å². The van der Waals surface area contributed by atoms with Gasteiger partial charge in [0.2, 0.25) is 0 Å². The topological polar surface area (TPSA) is 75.4 Å². The van der Waals surface area contributed by atoms with Gasteiger partial charge in [-0.3, -0.25) is 4.79 Å². The molecule has 1 saturated carbocycles. The Morgan fingerprint density at radius 1 is 1.42 bits per heavy atom. The summed E-state index contributed by atoms with van der Waals surface area (Å²) in [6.45, 7) is 0.603. The highest BCUT2D eigenvalue weighted by Gasteiger charge is 2.39. The van der Waals surface area contributed by atoms with Crippen molar-refractivity contribution >= 4 is 23.1 Å². The third-order valence-electron chi connectivity index (χ3n) is 3.85. The van der Waals surface area contributed by atoms with E-state index in [4.69, 9.17) is 9.52 Å². The molecule has 1 fully saturated rings. The van der Waals surface area contributed by atoms with Gasteiger partial charge in [0.15, 0.2) is 5.58 Å². The van der Waals surface area contributed by atoms with Crippen LogP contribution in [0.4, 0.5) is 6.01 Å². The summed E-state index contributed by atoms with van der Waals surface area (Å²) < 4.78 is 5.57. The summed E-state index contributed by atoms with van der Waals surface area (Å²) in [5.74, 6) is -0.737. The predicted octanol–water partition coefficient (Wildman–Crippen LogP) is 2.88. The molecule has 0 atom stereocenters. The SMILES string of the molecule is O=C(O)CC1(CNc2nc3ccccc3o2)CCC1. The lowest BCUT2D eigenvalue weighted by molar-refractivity contribution is -0.141. The molecule has 1 aromatic carbocycles. The van der Waals surface area contributed by atoms with E-state index in [1.165, 1.54) is 0 Å². The van der Waals surface area contributed by atoms with Gasteiger partial charge in [0.25, 0.3) is 6.01 Å². The lowest BCUT2D eigenvalue weighted by Crippen LogP contribution is -2.38. The average Bonchev–Trinajstić information content (AvgIpc) is 2.74. The number of carboxylic acid groups (broad SMARTS) is 1. The molecular formula is C14H16N2O3. The number of para-hydroxylation sites is 2. The first kappa shape index (κ1) is 12.0. The van der Waals surface area contributed by atoms with Crippen LogP contribution in [0.15, 0.2) is 28.7 Å². The zero-order valence-corrected chi connectivity index (χ0v) is 10.6. The number of rotatable bonds is 5. The molecule has 100 valence electrons. The molecule has 2 aromatic rings. The molecule has 0 aliphatic heterocycles. The Bertz CT molecular complexity index is 569. The quantitative estimate of drug-likeness (QED) is 0.864. The smallest absolute Gasteiger partial charge is 0.303 e. The molecule has 0 radical (unpaired) electrons. The second-order valence-corrected chi connectivity index (χ2v) is 5.26. The highest BCUT2D eigenvalue weighted by atomic mass is 16.4. The second kappa shape index (κ2) is 4.57. The van der Waals surface area contributed by atoms with Crippen LogP contribution in [0.1, 0.15) is 25.7 Å². The summed E-state index contributed by atoms with van der Waals surface area (Å²) in [5.41, 5.74) is 1.42. The molecule has 19 heavy (non-hydrogen) atoms. The molecule has 0 amide bonds. The van der Waals surface area contributed by atoms with E-state index in [0.29, 0.717) is 12.6 Å². The van der Waals surface area contributed by atoms with Crippen molar-refractivity contribution in [2.24, 2.45) is 5.41 Å². The van der Waals surface area contributed by atoms with Gasteiger partial charge in [0, 0.05) is 6.54 Å². The molecule has 0 bridgehead atoms. The largest absolute Gasteiger partial charge is 0.481 e. The number of carboxylic acids is 1. The predicted molar refractivity (Wildman–Crippen MR) is 71.0 cm³/mol. The Morgan fingerprint density at radius 3 is 2.84 bits per heavy atom. The molecular weight excluding hydrogens is 244 g/mol. The van der Waals surface area contributed by atoms with E-state index in [2.05, 4.69) is 10.3 Å². The van der Waals surface area contributed by atoms with Gasteiger partial charge < -0.3 is 14.8 Å². The summed E-state index contributed by atoms with van der Waals surface area (Å²) in [6.07, 6.45) is 3.21. The molecule has 0 unspecified atom stereocenters. The maximum atomic E-state index is 10.9. The summed E-state index contributed by atoms with van der Waals surface area (Å²) in [4.78, 5) is 15.2. The van der Waals surface area contributed by atoms with Crippen LogP contribution in [-0.2, 0) is 4.79 Å².